The Kier molecular flexibility index (Phi) is 6.29. The third-order valence-corrected chi connectivity index (χ3v) is 5.82. The van der Waals surface area contributed by atoms with Gasteiger partial charge < -0.3 is 9.26 Å². The lowest BCUT2D eigenvalue weighted by molar-refractivity contribution is 0.0999. The van der Waals surface area contributed by atoms with Gasteiger partial charge in [-0.15, -0.1) is 11.3 Å². The molecule has 1 aliphatic rings. The van der Waals surface area contributed by atoms with E-state index in [1.165, 1.54) is 43.6 Å². The topological polar surface area (TPSA) is 51.4 Å². The van der Waals surface area contributed by atoms with Gasteiger partial charge in [0.05, 0.1) is 11.5 Å². The molecule has 6 heteroatoms. The average molecular weight is 384 g/mol. The number of nitrogens with zero attached hydrogens (tertiary/aromatic N) is 3. The van der Waals surface area contributed by atoms with Crippen molar-refractivity contribution in [2.24, 2.45) is 0 Å². The smallest absolute Gasteiger partial charge is 0.268 e. The van der Waals surface area contributed by atoms with Crippen molar-refractivity contribution >= 4 is 11.3 Å². The highest BCUT2D eigenvalue weighted by atomic mass is 32.1. The first-order valence-electron chi connectivity index (χ1n) is 9.62. The summed E-state index contributed by atoms with van der Waals surface area (Å²) >= 11 is 1.74. The zero-order chi connectivity index (χ0) is 18.3. The molecular formula is C21H25N3O2S. The van der Waals surface area contributed by atoms with Crippen molar-refractivity contribution in [3.63, 3.8) is 0 Å². The Balaban J connectivity index is 1.31. The van der Waals surface area contributed by atoms with Crippen molar-refractivity contribution in [1.29, 1.82) is 0 Å². The molecule has 2 aromatic heterocycles. The number of hydrogen-bond acceptors (Lipinski definition) is 6. The van der Waals surface area contributed by atoms with Gasteiger partial charge in [0, 0.05) is 11.4 Å². The molecule has 0 bridgehead atoms. The standard InChI is InChI=1S/C21H25N3O2S/c1-2-7-13-24(12-6-1)14-18-10-11-19(27-18)21-22-20(23-26-21)16-25-15-17-8-4-3-5-9-17/h3-5,8-11H,1-2,6-7,12-16H2. The monoisotopic (exact) mass is 383 g/mol. The van der Waals surface area contributed by atoms with E-state index >= 15 is 0 Å². The Morgan fingerprint density at radius 2 is 1.78 bits per heavy atom. The van der Waals surface area contributed by atoms with Gasteiger partial charge in [-0.1, -0.05) is 48.3 Å². The lowest BCUT2D eigenvalue weighted by atomic mass is 10.2. The maximum absolute atomic E-state index is 5.68. The highest BCUT2D eigenvalue weighted by Crippen LogP contribution is 2.28. The summed E-state index contributed by atoms with van der Waals surface area (Å²) in [7, 11) is 0. The van der Waals surface area contributed by atoms with Crippen LogP contribution in [0.2, 0.25) is 0 Å². The van der Waals surface area contributed by atoms with E-state index in [0.29, 0.717) is 24.9 Å². The van der Waals surface area contributed by atoms with Crippen LogP contribution in [0.1, 0.15) is 41.9 Å². The Morgan fingerprint density at radius 3 is 2.59 bits per heavy atom. The Labute approximate surface area is 164 Å². The number of rotatable bonds is 7. The van der Waals surface area contributed by atoms with E-state index in [1.54, 1.807) is 11.3 Å². The van der Waals surface area contributed by atoms with Crippen LogP contribution in [0.3, 0.4) is 0 Å². The predicted octanol–water partition coefficient (Wildman–Crippen LogP) is 4.89. The summed E-state index contributed by atoms with van der Waals surface area (Å²) in [6.07, 6.45) is 5.36. The largest absolute Gasteiger partial charge is 0.369 e. The Bertz CT molecular complexity index is 823. The molecule has 0 unspecified atom stereocenters. The van der Waals surface area contributed by atoms with Crippen molar-refractivity contribution in [2.75, 3.05) is 13.1 Å². The molecule has 0 atom stereocenters. The molecule has 4 rings (SSSR count). The molecule has 142 valence electrons. The quantitative estimate of drug-likeness (QED) is 0.581. The Morgan fingerprint density at radius 1 is 0.963 bits per heavy atom. The molecule has 5 nitrogen and oxygen atoms in total. The molecule has 1 saturated heterocycles. The molecule has 0 N–H and O–H groups in total. The van der Waals surface area contributed by atoms with E-state index < -0.39 is 0 Å². The van der Waals surface area contributed by atoms with Crippen LogP contribution in [-0.4, -0.2) is 28.1 Å². The molecule has 0 saturated carbocycles. The molecule has 0 radical (unpaired) electrons. The maximum Gasteiger partial charge on any atom is 0.268 e. The minimum atomic E-state index is 0.352. The first kappa shape index (κ1) is 18.3. The third kappa shape index (κ3) is 5.25. The molecule has 0 spiro atoms. The fourth-order valence-electron chi connectivity index (χ4n) is 3.34. The summed E-state index contributed by atoms with van der Waals surface area (Å²) in [5.74, 6) is 1.17. The van der Waals surface area contributed by atoms with Crippen molar-refractivity contribution < 1.29 is 9.26 Å². The van der Waals surface area contributed by atoms with Crippen molar-refractivity contribution in [3.05, 3.63) is 58.7 Å². The van der Waals surface area contributed by atoms with Gasteiger partial charge in [-0.25, -0.2) is 0 Å². The van der Waals surface area contributed by atoms with Gasteiger partial charge in [0.15, 0.2) is 5.82 Å². The SMILES string of the molecule is c1ccc(COCc2noc(-c3ccc(CN4CCCCCC4)s3)n2)cc1. The molecule has 27 heavy (non-hydrogen) atoms. The van der Waals surface area contributed by atoms with E-state index in [9.17, 15) is 0 Å². The maximum atomic E-state index is 5.68. The normalized spacial score (nSPS) is 15.7. The van der Waals surface area contributed by atoms with Gasteiger partial charge in [-0.2, -0.15) is 4.98 Å². The fourth-order valence-corrected chi connectivity index (χ4v) is 4.31. The second-order valence-electron chi connectivity index (χ2n) is 6.95. The molecule has 0 aliphatic carbocycles. The fraction of sp³-hybridized carbons (Fsp3) is 0.429. The second kappa shape index (κ2) is 9.26. The van der Waals surface area contributed by atoms with Crippen LogP contribution < -0.4 is 0 Å². The van der Waals surface area contributed by atoms with Crippen LogP contribution in [0, 0.1) is 0 Å². The molecule has 1 aliphatic heterocycles. The Hall–Kier alpha value is -2.02. The first-order chi connectivity index (χ1) is 13.4. The average Bonchev–Trinajstić information content (AvgIpc) is 3.27. The van der Waals surface area contributed by atoms with Crippen LogP contribution >= 0.6 is 11.3 Å². The summed E-state index contributed by atoms with van der Waals surface area (Å²) in [5, 5.41) is 4.05. The highest BCUT2D eigenvalue weighted by Gasteiger charge is 2.14. The molecule has 1 fully saturated rings. The van der Waals surface area contributed by atoms with E-state index in [1.807, 2.05) is 30.3 Å². The van der Waals surface area contributed by atoms with Crippen LogP contribution in [-0.2, 0) is 24.5 Å². The van der Waals surface area contributed by atoms with E-state index in [4.69, 9.17) is 9.26 Å². The van der Waals surface area contributed by atoms with Crippen molar-refractivity contribution in [2.45, 2.75) is 45.4 Å². The zero-order valence-corrected chi connectivity index (χ0v) is 16.3. The molecule has 3 heterocycles. The van der Waals surface area contributed by atoms with Gasteiger partial charge in [-0.05, 0) is 43.6 Å². The minimum Gasteiger partial charge on any atom is -0.369 e. The van der Waals surface area contributed by atoms with Gasteiger partial charge in [0.2, 0.25) is 0 Å². The first-order valence-corrected chi connectivity index (χ1v) is 10.4. The predicted molar refractivity (Wildman–Crippen MR) is 106 cm³/mol. The van der Waals surface area contributed by atoms with E-state index in [-0.39, 0.29) is 0 Å². The van der Waals surface area contributed by atoms with Gasteiger partial charge in [0.25, 0.3) is 5.89 Å². The molecular weight excluding hydrogens is 358 g/mol. The zero-order valence-electron chi connectivity index (χ0n) is 15.5. The summed E-state index contributed by atoms with van der Waals surface area (Å²) in [6.45, 7) is 4.33. The molecule has 3 aromatic rings. The summed E-state index contributed by atoms with van der Waals surface area (Å²) in [6, 6.07) is 14.4. The summed E-state index contributed by atoms with van der Waals surface area (Å²) < 4.78 is 11.1. The third-order valence-electron chi connectivity index (χ3n) is 4.76. The lowest BCUT2D eigenvalue weighted by Gasteiger charge is -2.18. The summed E-state index contributed by atoms with van der Waals surface area (Å²) in [4.78, 5) is 9.42. The molecule has 0 amide bonds. The van der Waals surface area contributed by atoms with Crippen LogP contribution in [0.5, 0.6) is 0 Å². The van der Waals surface area contributed by atoms with Gasteiger partial charge in [0.1, 0.15) is 6.61 Å². The molecule has 1 aromatic carbocycles. The van der Waals surface area contributed by atoms with Gasteiger partial charge >= 0.3 is 0 Å². The van der Waals surface area contributed by atoms with Crippen LogP contribution in [0.15, 0.2) is 47.0 Å². The van der Waals surface area contributed by atoms with E-state index in [0.717, 1.165) is 17.0 Å². The van der Waals surface area contributed by atoms with Crippen molar-refractivity contribution in [3.8, 4) is 10.8 Å². The number of ether oxygens (including phenoxy) is 1. The number of likely N-dealkylation sites (tertiary alicyclic amines) is 1. The number of thiophene rings is 1. The summed E-state index contributed by atoms with van der Waals surface area (Å²) in [5.41, 5.74) is 1.14. The van der Waals surface area contributed by atoms with E-state index in [2.05, 4.69) is 27.2 Å². The van der Waals surface area contributed by atoms with Crippen molar-refractivity contribution in [1.82, 2.24) is 15.0 Å². The number of benzene rings is 1. The lowest BCUT2D eigenvalue weighted by Crippen LogP contribution is -2.23. The van der Waals surface area contributed by atoms with Crippen LogP contribution in [0.4, 0.5) is 0 Å². The van der Waals surface area contributed by atoms with Gasteiger partial charge in [-0.3, -0.25) is 4.90 Å². The highest BCUT2D eigenvalue weighted by molar-refractivity contribution is 7.15. The minimum absolute atomic E-state index is 0.352. The second-order valence-corrected chi connectivity index (χ2v) is 8.12. The van der Waals surface area contributed by atoms with Crippen LogP contribution in [0.25, 0.3) is 10.8 Å². The number of aromatic nitrogens is 2. The number of hydrogen-bond donors (Lipinski definition) is 0.